The van der Waals surface area contributed by atoms with E-state index < -0.39 is 0 Å². The van der Waals surface area contributed by atoms with Crippen molar-refractivity contribution >= 4 is 0 Å². The van der Waals surface area contributed by atoms with Crippen molar-refractivity contribution in [1.82, 2.24) is 14.9 Å². The first kappa shape index (κ1) is 13.6. The highest BCUT2D eigenvalue weighted by Gasteiger charge is 2.25. The molecule has 1 aromatic rings. The molecule has 0 saturated heterocycles. The second-order valence-corrected chi connectivity index (χ2v) is 5.91. The van der Waals surface area contributed by atoms with E-state index in [1.165, 1.54) is 37.9 Å². The lowest BCUT2D eigenvalue weighted by Crippen LogP contribution is -2.36. The number of imidazole rings is 1. The molecule has 18 heavy (non-hydrogen) atoms. The summed E-state index contributed by atoms with van der Waals surface area (Å²) in [6.45, 7) is 2.39. The summed E-state index contributed by atoms with van der Waals surface area (Å²) in [6.07, 6.45) is 11.8. The van der Waals surface area contributed by atoms with E-state index in [1.807, 2.05) is 12.4 Å². The maximum atomic E-state index is 4.41. The maximum Gasteiger partial charge on any atom is 0.108 e. The molecule has 1 atom stereocenters. The van der Waals surface area contributed by atoms with E-state index in [0.29, 0.717) is 6.04 Å². The van der Waals surface area contributed by atoms with Crippen molar-refractivity contribution in [2.45, 2.75) is 51.5 Å². The predicted octanol–water partition coefficient (Wildman–Crippen LogP) is 2.77. The second-order valence-electron chi connectivity index (χ2n) is 5.91. The Labute approximate surface area is 111 Å². The summed E-state index contributed by atoms with van der Waals surface area (Å²) < 4.78 is 2.13. The van der Waals surface area contributed by atoms with Crippen LogP contribution in [0.5, 0.6) is 0 Å². The van der Waals surface area contributed by atoms with Gasteiger partial charge >= 0.3 is 0 Å². The van der Waals surface area contributed by atoms with E-state index in [4.69, 9.17) is 0 Å². The van der Waals surface area contributed by atoms with Gasteiger partial charge in [0, 0.05) is 31.9 Å². The molecular weight excluding hydrogens is 222 g/mol. The molecule has 1 aromatic heterocycles. The second kappa shape index (κ2) is 6.37. The lowest BCUT2D eigenvalue weighted by molar-refractivity contribution is 0.228. The third kappa shape index (κ3) is 3.35. The summed E-state index contributed by atoms with van der Waals surface area (Å²) in [7, 11) is 4.19. The molecule has 2 rings (SSSR count). The lowest BCUT2D eigenvalue weighted by Gasteiger charge is -2.32. The highest BCUT2D eigenvalue weighted by molar-refractivity contribution is 4.93. The highest BCUT2D eigenvalue weighted by Crippen LogP contribution is 2.31. The summed E-state index contributed by atoms with van der Waals surface area (Å²) in [4.78, 5) is 4.41. The Kier molecular flexibility index (Phi) is 4.81. The molecule has 0 amide bonds. The Morgan fingerprint density at radius 1 is 1.39 bits per heavy atom. The first-order chi connectivity index (χ1) is 8.70. The van der Waals surface area contributed by atoms with Gasteiger partial charge in [-0.05, 0) is 38.1 Å². The van der Waals surface area contributed by atoms with Crippen LogP contribution in [-0.4, -0.2) is 22.6 Å². The molecule has 1 aliphatic rings. The van der Waals surface area contributed by atoms with E-state index in [1.54, 1.807) is 0 Å². The Morgan fingerprint density at radius 3 is 2.67 bits per heavy atom. The fourth-order valence-corrected chi connectivity index (χ4v) is 3.23. The topological polar surface area (TPSA) is 29.9 Å². The molecule has 0 aliphatic heterocycles. The average Bonchev–Trinajstić information content (AvgIpc) is 2.78. The van der Waals surface area contributed by atoms with Crippen molar-refractivity contribution in [2.75, 3.05) is 7.05 Å². The molecule has 0 radical (unpaired) electrons. The van der Waals surface area contributed by atoms with E-state index in [0.717, 1.165) is 18.3 Å². The summed E-state index contributed by atoms with van der Waals surface area (Å²) in [5.41, 5.74) is 0. The molecule has 1 aliphatic carbocycles. The molecule has 102 valence electrons. The van der Waals surface area contributed by atoms with Crippen molar-refractivity contribution in [2.24, 2.45) is 18.9 Å². The number of nitrogens with zero attached hydrogens (tertiary/aromatic N) is 2. The van der Waals surface area contributed by atoms with Crippen molar-refractivity contribution in [3.05, 3.63) is 18.2 Å². The smallest absolute Gasteiger partial charge is 0.108 e. The van der Waals surface area contributed by atoms with Gasteiger partial charge in [-0.1, -0.05) is 19.8 Å². The maximum absolute atomic E-state index is 4.41. The van der Waals surface area contributed by atoms with Gasteiger partial charge in [0.1, 0.15) is 5.82 Å². The van der Waals surface area contributed by atoms with E-state index >= 15 is 0 Å². The van der Waals surface area contributed by atoms with Crippen molar-refractivity contribution in [1.29, 1.82) is 0 Å². The molecule has 0 spiro atoms. The van der Waals surface area contributed by atoms with Gasteiger partial charge in [0.05, 0.1) is 0 Å². The monoisotopic (exact) mass is 249 g/mol. The standard InChI is InChI=1S/C15H27N3/c1-12-4-6-13(7-5-12)14(16-2)8-9-15-17-10-11-18(15)3/h10-14,16H,4-9H2,1-3H3. The molecule has 3 heteroatoms. The molecule has 1 heterocycles. The number of rotatable bonds is 5. The zero-order valence-electron chi connectivity index (χ0n) is 12.0. The van der Waals surface area contributed by atoms with Crippen LogP contribution in [0.2, 0.25) is 0 Å². The van der Waals surface area contributed by atoms with Crippen molar-refractivity contribution in [3.63, 3.8) is 0 Å². The van der Waals surface area contributed by atoms with Gasteiger partial charge in [-0.15, -0.1) is 0 Å². The Morgan fingerprint density at radius 2 is 2.11 bits per heavy atom. The summed E-state index contributed by atoms with van der Waals surface area (Å²) >= 11 is 0. The van der Waals surface area contributed by atoms with Crippen molar-refractivity contribution in [3.8, 4) is 0 Å². The van der Waals surface area contributed by atoms with Crippen LogP contribution < -0.4 is 5.32 Å². The van der Waals surface area contributed by atoms with Crippen LogP contribution >= 0.6 is 0 Å². The summed E-state index contributed by atoms with van der Waals surface area (Å²) in [6, 6.07) is 0.661. The minimum Gasteiger partial charge on any atom is -0.338 e. The molecule has 3 nitrogen and oxygen atoms in total. The van der Waals surface area contributed by atoms with E-state index in [-0.39, 0.29) is 0 Å². The Hall–Kier alpha value is -0.830. The van der Waals surface area contributed by atoms with Gasteiger partial charge in [-0.2, -0.15) is 0 Å². The minimum absolute atomic E-state index is 0.661. The fraction of sp³-hybridized carbons (Fsp3) is 0.800. The number of hydrogen-bond acceptors (Lipinski definition) is 2. The highest BCUT2D eigenvalue weighted by atomic mass is 15.0. The van der Waals surface area contributed by atoms with Crippen LogP contribution in [0, 0.1) is 11.8 Å². The largest absolute Gasteiger partial charge is 0.338 e. The van der Waals surface area contributed by atoms with E-state index in [9.17, 15) is 0 Å². The summed E-state index contributed by atoms with van der Waals surface area (Å²) in [5.74, 6) is 3.01. The number of nitrogens with one attached hydrogen (secondary N) is 1. The minimum atomic E-state index is 0.661. The number of aryl methyl sites for hydroxylation is 2. The average molecular weight is 249 g/mol. The lowest BCUT2D eigenvalue weighted by atomic mass is 9.78. The normalized spacial score (nSPS) is 26.2. The van der Waals surface area contributed by atoms with Crippen LogP contribution in [0.1, 0.15) is 44.9 Å². The van der Waals surface area contributed by atoms with Crippen LogP contribution in [0.3, 0.4) is 0 Å². The molecule has 0 aromatic carbocycles. The third-order valence-corrected chi connectivity index (χ3v) is 4.60. The van der Waals surface area contributed by atoms with E-state index in [2.05, 4.69) is 35.9 Å². The molecule has 1 fully saturated rings. The zero-order valence-corrected chi connectivity index (χ0v) is 12.0. The Balaban J connectivity index is 1.84. The van der Waals surface area contributed by atoms with Gasteiger partial charge in [0.15, 0.2) is 0 Å². The van der Waals surface area contributed by atoms with Gasteiger partial charge in [0.2, 0.25) is 0 Å². The van der Waals surface area contributed by atoms with Crippen LogP contribution in [-0.2, 0) is 13.5 Å². The first-order valence-electron chi connectivity index (χ1n) is 7.34. The van der Waals surface area contributed by atoms with Crippen LogP contribution in [0.4, 0.5) is 0 Å². The quantitative estimate of drug-likeness (QED) is 0.869. The van der Waals surface area contributed by atoms with Gasteiger partial charge in [-0.3, -0.25) is 0 Å². The molecular formula is C15H27N3. The molecule has 0 bridgehead atoms. The number of aromatic nitrogens is 2. The predicted molar refractivity (Wildman–Crippen MR) is 75.5 cm³/mol. The van der Waals surface area contributed by atoms with Gasteiger partial charge < -0.3 is 9.88 Å². The molecule has 1 N–H and O–H groups in total. The van der Waals surface area contributed by atoms with Crippen molar-refractivity contribution < 1.29 is 0 Å². The van der Waals surface area contributed by atoms with Gasteiger partial charge in [-0.25, -0.2) is 4.98 Å². The molecule has 1 saturated carbocycles. The Bertz CT molecular complexity index is 350. The van der Waals surface area contributed by atoms with Crippen LogP contribution in [0.25, 0.3) is 0 Å². The number of hydrogen-bond donors (Lipinski definition) is 1. The SMILES string of the molecule is CNC(CCc1nccn1C)C1CCC(C)CC1. The third-order valence-electron chi connectivity index (χ3n) is 4.60. The zero-order chi connectivity index (χ0) is 13.0. The molecule has 1 unspecified atom stereocenters. The first-order valence-corrected chi connectivity index (χ1v) is 7.34. The fourth-order valence-electron chi connectivity index (χ4n) is 3.23. The van der Waals surface area contributed by atoms with Gasteiger partial charge in [0.25, 0.3) is 0 Å². The van der Waals surface area contributed by atoms with Crippen LogP contribution in [0.15, 0.2) is 12.4 Å². The summed E-state index contributed by atoms with van der Waals surface area (Å²) in [5, 5.41) is 3.53.